The molecule has 1 aromatic carbocycles. The molecule has 3 N–H and O–H groups in total. The smallest absolute Gasteiger partial charge is 0.231 e. The standard InChI is InChI=1S/C21H22N6O/c1-12-4-6-13(7-5-12)17-14(10-22)19(23)27(20-24-11-25-26-20)15-8-21(2,3)9-16(28)18(15)17/h4-7,11,17H,8-9,23H2,1-3H3,(H,24,25,26)/t17-/m1/s1. The van der Waals surface area contributed by atoms with E-state index in [2.05, 4.69) is 35.1 Å². The van der Waals surface area contributed by atoms with Crippen molar-refractivity contribution in [3.8, 4) is 6.07 Å². The summed E-state index contributed by atoms with van der Waals surface area (Å²) in [6, 6.07) is 10.2. The van der Waals surface area contributed by atoms with Crippen LogP contribution in [0.5, 0.6) is 0 Å². The molecule has 0 saturated heterocycles. The number of Topliss-reactive ketones (excluding diaryl/α,β-unsaturated/α-hetero) is 1. The first kappa shape index (κ1) is 18.0. The molecule has 1 aromatic heterocycles. The third-order valence-electron chi connectivity index (χ3n) is 5.41. The molecule has 7 nitrogen and oxygen atoms in total. The van der Waals surface area contributed by atoms with Gasteiger partial charge in [-0.05, 0) is 24.3 Å². The van der Waals surface area contributed by atoms with Crippen molar-refractivity contribution in [2.24, 2.45) is 11.1 Å². The topological polar surface area (TPSA) is 112 Å². The Labute approximate surface area is 163 Å². The maximum atomic E-state index is 13.3. The lowest BCUT2D eigenvalue weighted by Crippen LogP contribution is -2.42. The first-order valence-electron chi connectivity index (χ1n) is 9.20. The van der Waals surface area contributed by atoms with Crippen molar-refractivity contribution in [3.63, 3.8) is 0 Å². The lowest BCUT2D eigenvalue weighted by molar-refractivity contribution is -0.118. The molecule has 1 aliphatic heterocycles. The highest BCUT2D eigenvalue weighted by atomic mass is 16.1. The fourth-order valence-corrected chi connectivity index (χ4v) is 4.15. The van der Waals surface area contributed by atoms with Gasteiger partial charge in [0.2, 0.25) is 5.95 Å². The van der Waals surface area contributed by atoms with Gasteiger partial charge in [-0.15, -0.1) is 0 Å². The van der Waals surface area contributed by atoms with Crippen molar-refractivity contribution in [1.29, 1.82) is 5.26 Å². The van der Waals surface area contributed by atoms with E-state index in [4.69, 9.17) is 5.73 Å². The van der Waals surface area contributed by atoms with Crippen LogP contribution in [0, 0.1) is 23.7 Å². The maximum Gasteiger partial charge on any atom is 0.231 e. The van der Waals surface area contributed by atoms with Gasteiger partial charge in [0.15, 0.2) is 5.78 Å². The van der Waals surface area contributed by atoms with Crippen molar-refractivity contribution in [2.45, 2.75) is 39.5 Å². The molecule has 2 heterocycles. The number of H-pyrrole nitrogens is 1. The molecule has 1 aliphatic carbocycles. The van der Waals surface area contributed by atoms with Crippen molar-refractivity contribution in [2.75, 3.05) is 4.90 Å². The molecule has 4 rings (SSSR count). The number of allylic oxidation sites excluding steroid dienone is 3. The molecule has 1 atom stereocenters. The second-order valence-electron chi connectivity index (χ2n) is 8.20. The summed E-state index contributed by atoms with van der Waals surface area (Å²) in [5.41, 5.74) is 10.0. The van der Waals surface area contributed by atoms with Crippen LogP contribution in [0.2, 0.25) is 0 Å². The van der Waals surface area contributed by atoms with Gasteiger partial charge in [-0.1, -0.05) is 43.7 Å². The SMILES string of the molecule is Cc1ccc([C@@H]2C(C#N)=C(N)N(c3ncn[nH]3)C3=C2C(=O)CC(C)(C)C3)cc1. The van der Waals surface area contributed by atoms with Gasteiger partial charge in [0.25, 0.3) is 0 Å². The van der Waals surface area contributed by atoms with Crippen LogP contribution >= 0.6 is 0 Å². The number of ketones is 1. The predicted octanol–water partition coefficient (Wildman–Crippen LogP) is 3.05. The lowest BCUT2D eigenvalue weighted by atomic mass is 9.68. The molecule has 0 amide bonds. The predicted molar refractivity (Wildman–Crippen MR) is 105 cm³/mol. The summed E-state index contributed by atoms with van der Waals surface area (Å²) in [6.45, 7) is 6.13. The number of carbonyl (C=O) groups excluding carboxylic acids is 1. The highest BCUT2D eigenvalue weighted by Gasteiger charge is 2.45. The van der Waals surface area contributed by atoms with Crippen LogP contribution in [0.25, 0.3) is 0 Å². The van der Waals surface area contributed by atoms with Crippen molar-refractivity contribution in [1.82, 2.24) is 15.2 Å². The number of benzene rings is 1. The normalized spacial score (nSPS) is 21.6. The van der Waals surface area contributed by atoms with Gasteiger partial charge in [0, 0.05) is 17.7 Å². The van der Waals surface area contributed by atoms with Crippen LogP contribution in [-0.2, 0) is 4.79 Å². The number of nitrogens with zero attached hydrogens (tertiary/aromatic N) is 4. The number of hydrogen-bond acceptors (Lipinski definition) is 6. The number of aromatic nitrogens is 3. The van der Waals surface area contributed by atoms with Gasteiger partial charge in [-0.3, -0.25) is 9.69 Å². The summed E-state index contributed by atoms with van der Waals surface area (Å²) in [6.07, 6.45) is 2.46. The number of nitrogens with one attached hydrogen (secondary N) is 1. The molecule has 0 spiro atoms. The van der Waals surface area contributed by atoms with E-state index in [1.807, 2.05) is 31.2 Å². The van der Waals surface area contributed by atoms with Gasteiger partial charge in [0.1, 0.15) is 12.1 Å². The van der Waals surface area contributed by atoms with E-state index in [9.17, 15) is 10.1 Å². The van der Waals surface area contributed by atoms with Crippen molar-refractivity contribution in [3.05, 3.63) is 64.4 Å². The molecule has 28 heavy (non-hydrogen) atoms. The summed E-state index contributed by atoms with van der Waals surface area (Å²) in [7, 11) is 0. The van der Waals surface area contributed by atoms with Gasteiger partial charge in [-0.25, -0.2) is 5.10 Å². The zero-order valence-electron chi connectivity index (χ0n) is 16.2. The van der Waals surface area contributed by atoms with E-state index < -0.39 is 5.92 Å². The largest absolute Gasteiger partial charge is 0.384 e. The van der Waals surface area contributed by atoms with Crippen LogP contribution in [0.4, 0.5) is 5.95 Å². The molecule has 0 bridgehead atoms. The highest BCUT2D eigenvalue weighted by Crippen LogP contribution is 2.49. The summed E-state index contributed by atoms with van der Waals surface area (Å²) in [5.74, 6) is 0.268. The number of nitriles is 1. The van der Waals surface area contributed by atoms with E-state index in [0.717, 1.165) is 16.8 Å². The fraction of sp³-hybridized carbons (Fsp3) is 0.333. The number of carbonyl (C=O) groups is 1. The number of anilines is 1. The number of aryl methyl sites for hydroxylation is 1. The Morgan fingerprint density at radius 1 is 1.29 bits per heavy atom. The van der Waals surface area contributed by atoms with E-state index in [1.165, 1.54) is 6.33 Å². The van der Waals surface area contributed by atoms with E-state index in [0.29, 0.717) is 29.9 Å². The van der Waals surface area contributed by atoms with Crippen LogP contribution in [0.15, 0.2) is 53.3 Å². The molecule has 0 fully saturated rings. The Balaban J connectivity index is 1.99. The first-order chi connectivity index (χ1) is 13.3. The number of nitrogens with two attached hydrogens (primary N) is 1. The monoisotopic (exact) mass is 374 g/mol. The molecule has 0 unspecified atom stereocenters. The minimum atomic E-state index is -0.469. The third-order valence-corrected chi connectivity index (χ3v) is 5.41. The average molecular weight is 374 g/mol. The average Bonchev–Trinajstić information content (AvgIpc) is 3.14. The van der Waals surface area contributed by atoms with E-state index in [1.54, 1.807) is 4.90 Å². The minimum absolute atomic E-state index is 0.0431. The number of rotatable bonds is 2. The van der Waals surface area contributed by atoms with E-state index in [-0.39, 0.29) is 17.0 Å². The van der Waals surface area contributed by atoms with Crippen molar-refractivity contribution >= 4 is 11.7 Å². The van der Waals surface area contributed by atoms with Gasteiger partial charge in [0.05, 0.1) is 17.6 Å². The summed E-state index contributed by atoms with van der Waals surface area (Å²) in [5, 5.41) is 16.7. The molecule has 2 aromatic rings. The lowest BCUT2D eigenvalue weighted by Gasteiger charge is -2.42. The Morgan fingerprint density at radius 2 is 2.00 bits per heavy atom. The zero-order valence-corrected chi connectivity index (χ0v) is 16.2. The zero-order chi connectivity index (χ0) is 20.1. The molecular formula is C21H22N6O. The van der Waals surface area contributed by atoms with E-state index >= 15 is 0 Å². The summed E-state index contributed by atoms with van der Waals surface area (Å²) < 4.78 is 0. The van der Waals surface area contributed by atoms with Crippen LogP contribution in [0.1, 0.15) is 43.7 Å². The first-order valence-corrected chi connectivity index (χ1v) is 9.20. The fourth-order valence-electron chi connectivity index (χ4n) is 4.15. The molecule has 142 valence electrons. The van der Waals surface area contributed by atoms with Crippen molar-refractivity contribution < 1.29 is 4.79 Å². The Kier molecular flexibility index (Phi) is 4.07. The number of aromatic amines is 1. The van der Waals surface area contributed by atoms with Gasteiger partial charge < -0.3 is 5.73 Å². The molecule has 0 radical (unpaired) electrons. The Hall–Kier alpha value is -3.40. The number of hydrogen-bond donors (Lipinski definition) is 2. The molecule has 0 saturated carbocycles. The van der Waals surface area contributed by atoms with Crippen LogP contribution < -0.4 is 10.6 Å². The molecular weight excluding hydrogens is 352 g/mol. The third kappa shape index (κ3) is 2.78. The van der Waals surface area contributed by atoms with Crippen LogP contribution in [-0.4, -0.2) is 21.0 Å². The second kappa shape index (κ2) is 6.34. The quantitative estimate of drug-likeness (QED) is 0.835. The highest BCUT2D eigenvalue weighted by molar-refractivity contribution is 6.01. The molecule has 7 heteroatoms. The maximum absolute atomic E-state index is 13.3. The summed E-state index contributed by atoms with van der Waals surface area (Å²) >= 11 is 0. The Bertz CT molecular complexity index is 1040. The second-order valence-corrected chi connectivity index (χ2v) is 8.20. The summed E-state index contributed by atoms with van der Waals surface area (Å²) in [4.78, 5) is 19.2. The Morgan fingerprint density at radius 3 is 2.61 bits per heavy atom. The van der Waals surface area contributed by atoms with Crippen LogP contribution in [0.3, 0.4) is 0 Å². The minimum Gasteiger partial charge on any atom is -0.384 e. The van der Waals surface area contributed by atoms with Gasteiger partial charge >= 0.3 is 0 Å². The molecule has 2 aliphatic rings. The van der Waals surface area contributed by atoms with Gasteiger partial charge in [-0.2, -0.15) is 15.3 Å².